The molecule has 0 unspecified atom stereocenters. The maximum absolute atomic E-state index is 2.51. The molecular weight excluding hydrogens is 1160 g/mol. The lowest BCUT2D eigenvalue weighted by molar-refractivity contribution is 1.05. The summed E-state index contributed by atoms with van der Waals surface area (Å²) in [6.07, 6.45) is 8.82. The maximum atomic E-state index is 2.51. The van der Waals surface area contributed by atoms with Crippen molar-refractivity contribution in [3.63, 3.8) is 0 Å². The van der Waals surface area contributed by atoms with Gasteiger partial charge in [-0.05, 0) is 240 Å². The molecule has 0 heterocycles. The molecule has 0 radical (unpaired) electrons. The average molecular weight is 1220 g/mol. The van der Waals surface area contributed by atoms with E-state index in [1.165, 1.54) is 154 Å². The Morgan fingerprint density at radius 1 is 0.208 bits per heavy atom. The van der Waals surface area contributed by atoms with E-state index in [1.807, 2.05) is 0 Å². The van der Waals surface area contributed by atoms with Crippen LogP contribution in [0.25, 0.3) is 149 Å². The summed E-state index contributed by atoms with van der Waals surface area (Å²) >= 11 is 0. The van der Waals surface area contributed by atoms with Crippen molar-refractivity contribution in [1.82, 2.24) is 0 Å². The number of nitrogens with zero attached hydrogens (tertiary/aromatic N) is 2. The Kier molecular flexibility index (Phi) is 13.1. The standard InChI is InChI=1S/C94H62N2/c1-5-19-61(20-6-1)65-35-43-69(44-36-65)95(70-45-37-66(38-46-70)62-21-7-2-8-22-62)73-51-53-87-89(59-73)93(85-57-55-83-77-29-15-13-27-75(77)79-31-17-33-81(85)91(79)83)88-54-52-74(60-90(88)94(87)86-58-56-84-78-30-16-14-28-76(78)80-32-18-34-82(86)92(80)84)96(71-47-39-67(40-48-71)63-23-9-3-10-24-63)72-49-41-68(42-50-72)64-25-11-4-12-26-64/h1-11,13-25,27-60H,12,26H2. The first-order valence-corrected chi connectivity index (χ1v) is 33.5. The van der Waals surface area contributed by atoms with E-state index < -0.39 is 0 Å². The zero-order valence-electron chi connectivity index (χ0n) is 52.8. The summed E-state index contributed by atoms with van der Waals surface area (Å²) in [7, 11) is 0. The average Bonchev–Trinajstić information content (AvgIpc) is 1.18. The topological polar surface area (TPSA) is 6.48 Å². The van der Waals surface area contributed by atoms with Crippen molar-refractivity contribution in [2.45, 2.75) is 12.8 Å². The molecule has 96 heavy (non-hydrogen) atoms. The number of hydrogen-bond donors (Lipinski definition) is 0. The van der Waals surface area contributed by atoms with E-state index in [0.29, 0.717) is 0 Å². The van der Waals surface area contributed by atoms with Crippen molar-refractivity contribution in [3.05, 3.63) is 357 Å². The van der Waals surface area contributed by atoms with Crippen LogP contribution in [0.3, 0.4) is 0 Å². The monoisotopic (exact) mass is 1220 g/mol. The number of rotatable bonds is 12. The van der Waals surface area contributed by atoms with E-state index in [4.69, 9.17) is 0 Å². The Bertz CT molecular complexity index is 5690. The molecule has 19 rings (SSSR count). The largest absolute Gasteiger partial charge is 0.310 e. The Morgan fingerprint density at radius 2 is 0.521 bits per heavy atom. The van der Waals surface area contributed by atoms with Gasteiger partial charge in [0.15, 0.2) is 0 Å². The zero-order valence-corrected chi connectivity index (χ0v) is 52.8. The van der Waals surface area contributed by atoms with Gasteiger partial charge in [-0.25, -0.2) is 0 Å². The summed E-state index contributed by atoms with van der Waals surface area (Å²) in [5.41, 5.74) is 31.2. The first-order valence-electron chi connectivity index (χ1n) is 33.5. The summed E-state index contributed by atoms with van der Waals surface area (Å²) in [5.74, 6) is 0. The summed E-state index contributed by atoms with van der Waals surface area (Å²) in [6.45, 7) is 0. The van der Waals surface area contributed by atoms with E-state index in [2.05, 4.69) is 362 Å². The Hall–Kier alpha value is -12.4. The highest BCUT2D eigenvalue weighted by Gasteiger charge is 2.29. The number of anilines is 6. The van der Waals surface area contributed by atoms with E-state index in [0.717, 1.165) is 47.0 Å². The number of hydrogen-bond acceptors (Lipinski definition) is 2. The van der Waals surface area contributed by atoms with Crippen LogP contribution in [0.1, 0.15) is 18.4 Å². The van der Waals surface area contributed by atoms with Crippen molar-refractivity contribution in [2.24, 2.45) is 0 Å². The fourth-order valence-electron chi connectivity index (χ4n) is 16.0. The Balaban J connectivity index is 0.907. The van der Waals surface area contributed by atoms with E-state index in [-0.39, 0.29) is 0 Å². The molecule has 2 nitrogen and oxygen atoms in total. The quantitative estimate of drug-likeness (QED) is 0.113. The van der Waals surface area contributed by atoms with Crippen molar-refractivity contribution in [1.29, 1.82) is 0 Å². The Morgan fingerprint density at radius 3 is 0.885 bits per heavy atom. The molecule has 0 bridgehead atoms. The molecule has 0 N–H and O–H groups in total. The van der Waals surface area contributed by atoms with Gasteiger partial charge in [0.1, 0.15) is 0 Å². The summed E-state index contributed by atoms with van der Waals surface area (Å²) in [6, 6.07) is 125. The minimum atomic E-state index is 1.03. The van der Waals surface area contributed by atoms with Crippen LogP contribution in [0.4, 0.5) is 34.1 Å². The molecule has 16 aromatic carbocycles. The molecule has 2 heteroatoms. The molecule has 0 fully saturated rings. The molecule has 0 saturated carbocycles. The molecule has 0 atom stereocenters. The van der Waals surface area contributed by atoms with Gasteiger partial charge in [0.2, 0.25) is 0 Å². The highest BCUT2D eigenvalue weighted by Crippen LogP contribution is 2.56. The molecule has 448 valence electrons. The molecule has 0 saturated heterocycles. The van der Waals surface area contributed by atoms with Crippen LogP contribution >= 0.6 is 0 Å². The third-order valence-corrected chi connectivity index (χ3v) is 20.4. The van der Waals surface area contributed by atoms with Gasteiger partial charge in [-0.15, -0.1) is 0 Å². The number of allylic oxidation sites excluding steroid dienone is 4. The SMILES string of the molecule is C1=CCCC(c2ccc(N(c3ccc(-c4ccccc4)cc3)c3ccc4c(-c5ccc6c7c(cccc57)-c5ccccc5-6)c5cc(N(c6ccc(-c7ccccc7)cc6)c6ccc(-c7ccccc7)cc6)ccc5c(-c5ccc6c7c(cccc57)-c5ccccc5-6)c4c3)cc2)=C1. The van der Waals surface area contributed by atoms with Crippen molar-refractivity contribution in [3.8, 4) is 100 Å². The van der Waals surface area contributed by atoms with Crippen LogP contribution in [0, 0.1) is 0 Å². The van der Waals surface area contributed by atoms with Gasteiger partial charge < -0.3 is 9.80 Å². The van der Waals surface area contributed by atoms with Gasteiger partial charge in [-0.2, -0.15) is 0 Å². The van der Waals surface area contributed by atoms with E-state index >= 15 is 0 Å². The molecular formula is C94H62N2. The first kappa shape index (κ1) is 55.3. The molecule has 16 aromatic rings. The fraction of sp³-hybridized carbons (Fsp3) is 0.0213. The van der Waals surface area contributed by atoms with Gasteiger partial charge in [0, 0.05) is 34.1 Å². The lowest BCUT2D eigenvalue weighted by atomic mass is 9.82. The second-order valence-corrected chi connectivity index (χ2v) is 25.7. The number of benzene rings is 16. The second kappa shape index (κ2) is 22.7. The predicted molar refractivity (Wildman–Crippen MR) is 408 cm³/mol. The maximum Gasteiger partial charge on any atom is 0.0468 e. The number of fused-ring (bicyclic) bond motifs is 8. The van der Waals surface area contributed by atoms with Crippen molar-refractivity contribution in [2.75, 3.05) is 9.80 Å². The van der Waals surface area contributed by atoms with Crippen LogP contribution in [0.5, 0.6) is 0 Å². The van der Waals surface area contributed by atoms with Gasteiger partial charge in [-0.1, -0.05) is 279 Å². The molecule has 0 spiro atoms. The van der Waals surface area contributed by atoms with Gasteiger partial charge >= 0.3 is 0 Å². The fourth-order valence-corrected chi connectivity index (χ4v) is 16.0. The molecule has 0 aromatic heterocycles. The molecule has 3 aliphatic carbocycles. The minimum absolute atomic E-state index is 1.03. The van der Waals surface area contributed by atoms with Crippen LogP contribution in [-0.4, -0.2) is 0 Å². The summed E-state index contributed by atoms with van der Waals surface area (Å²) in [5, 5.41) is 9.79. The highest BCUT2D eigenvalue weighted by molar-refractivity contribution is 6.30. The smallest absolute Gasteiger partial charge is 0.0468 e. The normalized spacial score (nSPS) is 12.5. The van der Waals surface area contributed by atoms with Gasteiger partial charge in [0.05, 0.1) is 0 Å². The second-order valence-electron chi connectivity index (χ2n) is 25.7. The van der Waals surface area contributed by atoms with Crippen molar-refractivity contribution >= 4 is 82.8 Å². The van der Waals surface area contributed by atoms with Crippen LogP contribution in [-0.2, 0) is 0 Å². The van der Waals surface area contributed by atoms with Crippen LogP contribution in [0.15, 0.2) is 352 Å². The van der Waals surface area contributed by atoms with E-state index in [9.17, 15) is 0 Å². The third-order valence-electron chi connectivity index (χ3n) is 20.4. The molecule has 0 aliphatic heterocycles. The lowest BCUT2D eigenvalue weighted by Gasteiger charge is -2.29. The van der Waals surface area contributed by atoms with E-state index in [1.54, 1.807) is 0 Å². The first-order chi connectivity index (χ1) is 47.6. The third kappa shape index (κ3) is 9.09. The van der Waals surface area contributed by atoms with Crippen LogP contribution < -0.4 is 9.80 Å². The van der Waals surface area contributed by atoms with Gasteiger partial charge in [0.25, 0.3) is 0 Å². The minimum Gasteiger partial charge on any atom is -0.310 e. The zero-order chi connectivity index (χ0) is 63.2. The van der Waals surface area contributed by atoms with Gasteiger partial charge in [-0.3, -0.25) is 0 Å². The molecule has 0 amide bonds. The summed E-state index contributed by atoms with van der Waals surface area (Å²) < 4.78 is 0. The van der Waals surface area contributed by atoms with Crippen LogP contribution in [0.2, 0.25) is 0 Å². The highest BCUT2D eigenvalue weighted by atomic mass is 15.1. The summed E-state index contributed by atoms with van der Waals surface area (Å²) in [4.78, 5) is 4.92. The molecule has 3 aliphatic rings. The Labute approximate surface area is 559 Å². The van der Waals surface area contributed by atoms with Crippen molar-refractivity contribution < 1.29 is 0 Å². The lowest BCUT2D eigenvalue weighted by Crippen LogP contribution is -2.10. The predicted octanol–water partition coefficient (Wildman–Crippen LogP) is 26.6.